The number of rotatable bonds is 5. The zero-order valence-electron chi connectivity index (χ0n) is 12.7. The van der Waals surface area contributed by atoms with Crippen LogP contribution in [0.15, 0.2) is 59.8 Å². The average molecular weight is 323 g/mol. The number of anilines is 3. The number of aryl methyl sites for hydroxylation is 1. The van der Waals surface area contributed by atoms with Gasteiger partial charge < -0.3 is 11.1 Å². The maximum atomic E-state index is 5.66. The molecule has 0 aliphatic carbocycles. The second kappa shape index (κ2) is 7.11. The topological polar surface area (TPSA) is 76.7 Å². The molecule has 1 aromatic carbocycles. The van der Waals surface area contributed by atoms with E-state index in [0.29, 0.717) is 5.82 Å². The molecule has 0 bridgehead atoms. The minimum atomic E-state index is 0.276. The normalized spacial score (nSPS) is 10.5. The zero-order valence-corrected chi connectivity index (χ0v) is 13.5. The van der Waals surface area contributed by atoms with Gasteiger partial charge in [-0.2, -0.15) is 4.98 Å². The number of nitrogen functional groups attached to an aromatic ring is 1. The highest BCUT2D eigenvalue weighted by Crippen LogP contribution is 2.23. The lowest BCUT2D eigenvalue weighted by Gasteiger charge is -2.08. The van der Waals surface area contributed by atoms with Gasteiger partial charge in [-0.1, -0.05) is 12.1 Å². The van der Waals surface area contributed by atoms with Crippen LogP contribution in [-0.4, -0.2) is 15.0 Å². The van der Waals surface area contributed by atoms with Crippen LogP contribution in [0.5, 0.6) is 0 Å². The molecule has 5 nitrogen and oxygen atoms in total. The minimum Gasteiger partial charge on any atom is -0.368 e. The first-order valence-electron chi connectivity index (χ1n) is 7.19. The van der Waals surface area contributed by atoms with Gasteiger partial charge in [0.25, 0.3) is 0 Å². The van der Waals surface area contributed by atoms with Crippen LogP contribution in [0.25, 0.3) is 0 Å². The van der Waals surface area contributed by atoms with Gasteiger partial charge in [0.1, 0.15) is 5.82 Å². The first kappa shape index (κ1) is 15.3. The molecule has 6 heteroatoms. The van der Waals surface area contributed by atoms with Gasteiger partial charge in [-0.05, 0) is 36.8 Å². The van der Waals surface area contributed by atoms with Gasteiger partial charge in [-0.3, -0.25) is 4.98 Å². The van der Waals surface area contributed by atoms with Crippen molar-refractivity contribution in [2.24, 2.45) is 0 Å². The summed E-state index contributed by atoms with van der Waals surface area (Å²) in [5, 5.41) is 3.24. The van der Waals surface area contributed by atoms with E-state index in [1.54, 1.807) is 11.8 Å². The van der Waals surface area contributed by atoms with Crippen LogP contribution in [-0.2, 0) is 5.75 Å². The van der Waals surface area contributed by atoms with Crippen molar-refractivity contribution in [3.05, 3.63) is 66.1 Å². The highest BCUT2D eigenvalue weighted by molar-refractivity contribution is 7.98. The van der Waals surface area contributed by atoms with Crippen LogP contribution in [0.4, 0.5) is 17.5 Å². The maximum absolute atomic E-state index is 5.66. The lowest BCUT2D eigenvalue weighted by molar-refractivity contribution is 1.12. The van der Waals surface area contributed by atoms with Crippen molar-refractivity contribution in [1.82, 2.24) is 15.0 Å². The van der Waals surface area contributed by atoms with Crippen molar-refractivity contribution in [1.29, 1.82) is 0 Å². The van der Waals surface area contributed by atoms with E-state index in [1.165, 1.54) is 10.5 Å². The molecule has 3 N–H and O–H groups in total. The molecule has 0 aliphatic heterocycles. The molecule has 116 valence electrons. The molecule has 23 heavy (non-hydrogen) atoms. The Bertz CT molecular complexity index is 754. The quantitative estimate of drug-likeness (QED) is 0.696. The molecule has 0 atom stereocenters. The Morgan fingerprint density at radius 2 is 1.78 bits per heavy atom. The molecule has 0 saturated heterocycles. The molecule has 0 aliphatic rings. The second-order valence-corrected chi connectivity index (χ2v) is 6.10. The molecular formula is C17H17N5S. The Kier molecular flexibility index (Phi) is 4.73. The lowest BCUT2D eigenvalue weighted by Crippen LogP contribution is -2.01. The fourth-order valence-corrected chi connectivity index (χ4v) is 2.93. The second-order valence-electron chi connectivity index (χ2n) is 5.05. The summed E-state index contributed by atoms with van der Waals surface area (Å²) in [4.78, 5) is 13.5. The Hall–Kier alpha value is -2.60. The van der Waals surface area contributed by atoms with E-state index in [1.807, 2.05) is 49.6 Å². The predicted molar refractivity (Wildman–Crippen MR) is 94.7 cm³/mol. The average Bonchev–Trinajstić information content (AvgIpc) is 2.54. The van der Waals surface area contributed by atoms with Crippen LogP contribution < -0.4 is 11.1 Å². The molecule has 3 rings (SSSR count). The molecule has 2 heterocycles. The number of nitrogens with one attached hydrogen (secondary N) is 1. The Morgan fingerprint density at radius 1 is 1.04 bits per heavy atom. The molecule has 0 fully saturated rings. The van der Waals surface area contributed by atoms with Crippen LogP contribution >= 0.6 is 11.8 Å². The third-order valence-corrected chi connectivity index (χ3v) is 4.24. The molecule has 2 aromatic heterocycles. The summed E-state index contributed by atoms with van der Waals surface area (Å²) in [6.07, 6.45) is 3.62. The Morgan fingerprint density at radius 3 is 2.48 bits per heavy atom. The fourth-order valence-electron chi connectivity index (χ4n) is 2.09. The van der Waals surface area contributed by atoms with Crippen LogP contribution in [0.3, 0.4) is 0 Å². The lowest BCUT2D eigenvalue weighted by atomic mass is 10.2. The molecule has 0 spiro atoms. The van der Waals surface area contributed by atoms with Crippen molar-refractivity contribution in [2.45, 2.75) is 17.6 Å². The Labute approximate surface area is 139 Å². The van der Waals surface area contributed by atoms with E-state index >= 15 is 0 Å². The van der Waals surface area contributed by atoms with Crippen LogP contribution in [0, 0.1) is 6.92 Å². The van der Waals surface area contributed by atoms with Gasteiger partial charge in [0.15, 0.2) is 0 Å². The summed E-state index contributed by atoms with van der Waals surface area (Å²) in [6, 6.07) is 14.2. The fraction of sp³-hybridized carbons (Fsp3) is 0.118. The standard InChI is InChI=1S/C17H17N5S/c1-12-10-16(22-17(18)20-12)21-14-4-2-13(3-5-14)11-23-15-6-8-19-9-7-15/h2-10H,11H2,1H3,(H3,18,20,21,22). The van der Waals surface area contributed by atoms with E-state index in [-0.39, 0.29) is 5.95 Å². The molecule has 0 amide bonds. The summed E-state index contributed by atoms with van der Waals surface area (Å²) in [5.41, 5.74) is 8.73. The summed E-state index contributed by atoms with van der Waals surface area (Å²) in [6.45, 7) is 1.89. The first-order chi connectivity index (χ1) is 11.2. The molecule has 0 radical (unpaired) electrons. The number of thioether (sulfide) groups is 1. The highest BCUT2D eigenvalue weighted by atomic mass is 32.2. The van der Waals surface area contributed by atoms with Gasteiger partial charge in [0.05, 0.1) is 0 Å². The van der Waals surface area contributed by atoms with Crippen molar-refractivity contribution in [3.8, 4) is 0 Å². The van der Waals surface area contributed by atoms with Crippen LogP contribution in [0.2, 0.25) is 0 Å². The number of pyridine rings is 1. The number of hydrogen-bond acceptors (Lipinski definition) is 6. The predicted octanol–water partition coefficient (Wildman–Crippen LogP) is 3.80. The molecule has 3 aromatic rings. The maximum Gasteiger partial charge on any atom is 0.222 e. The number of hydrogen-bond donors (Lipinski definition) is 2. The van der Waals surface area contributed by atoms with E-state index in [4.69, 9.17) is 5.73 Å². The smallest absolute Gasteiger partial charge is 0.222 e. The van der Waals surface area contributed by atoms with Gasteiger partial charge in [0, 0.05) is 40.5 Å². The third kappa shape index (κ3) is 4.43. The molecule has 0 unspecified atom stereocenters. The minimum absolute atomic E-state index is 0.276. The van der Waals surface area contributed by atoms with Crippen LogP contribution in [0.1, 0.15) is 11.3 Å². The number of nitrogens with two attached hydrogens (primary N) is 1. The van der Waals surface area contributed by atoms with Crippen molar-refractivity contribution < 1.29 is 0 Å². The van der Waals surface area contributed by atoms with Gasteiger partial charge in [-0.15, -0.1) is 11.8 Å². The molecule has 0 saturated carbocycles. The summed E-state index contributed by atoms with van der Waals surface area (Å²) >= 11 is 1.79. The van der Waals surface area contributed by atoms with Gasteiger partial charge >= 0.3 is 0 Å². The largest absolute Gasteiger partial charge is 0.368 e. The molecular weight excluding hydrogens is 306 g/mol. The van der Waals surface area contributed by atoms with Crippen molar-refractivity contribution in [2.75, 3.05) is 11.1 Å². The third-order valence-electron chi connectivity index (χ3n) is 3.15. The van der Waals surface area contributed by atoms with E-state index in [2.05, 4.69) is 32.4 Å². The first-order valence-corrected chi connectivity index (χ1v) is 8.17. The number of benzene rings is 1. The number of nitrogens with zero attached hydrogens (tertiary/aromatic N) is 3. The Balaban J connectivity index is 1.62. The monoisotopic (exact) mass is 323 g/mol. The summed E-state index contributed by atoms with van der Waals surface area (Å²) < 4.78 is 0. The van der Waals surface area contributed by atoms with Gasteiger partial charge in [-0.25, -0.2) is 4.98 Å². The van der Waals surface area contributed by atoms with E-state index < -0.39 is 0 Å². The van der Waals surface area contributed by atoms with Crippen molar-refractivity contribution >= 4 is 29.2 Å². The summed E-state index contributed by atoms with van der Waals surface area (Å²) in [7, 11) is 0. The zero-order chi connectivity index (χ0) is 16.1. The summed E-state index contributed by atoms with van der Waals surface area (Å²) in [5.74, 6) is 1.90. The van der Waals surface area contributed by atoms with Crippen molar-refractivity contribution in [3.63, 3.8) is 0 Å². The van der Waals surface area contributed by atoms with E-state index in [0.717, 1.165) is 17.1 Å². The highest BCUT2D eigenvalue weighted by Gasteiger charge is 2.01. The van der Waals surface area contributed by atoms with Gasteiger partial charge in [0.2, 0.25) is 5.95 Å². The SMILES string of the molecule is Cc1cc(Nc2ccc(CSc3ccncc3)cc2)nc(N)n1. The van der Waals surface area contributed by atoms with E-state index in [9.17, 15) is 0 Å². The number of aromatic nitrogens is 3.